The molecule has 0 radical (unpaired) electrons. The van der Waals surface area contributed by atoms with Gasteiger partial charge in [-0.1, -0.05) is 81.4 Å². The second-order valence-corrected chi connectivity index (χ2v) is 17.1. The third-order valence-electron chi connectivity index (χ3n) is 7.20. The van der Waals surface area contributed by atoms with Crippen LogP contribution in [0.5, 0.6) is 0 Å². The number of nitrogens with zero attached hydrogens (tertiary/aromatic N) is 1. The van der Waals surface area contributed by atoms with Gasteiger partial charge in [-0.25, -0.2) is 9.59 Å². The highest BCUT2D eigenvalue weighted by Gasteiger charge is 2.49. The smallest absolute Gasteiger partial charge is 0.411 e. The van der Waals surface area contributed by atoms with Crippen molar-refractivity contribution in [3.05, 3.63) is 71.8 Å². The number of morpholine rings is 1. The van der Waals surface area contributed by atoms with Crippen molar-refractivity contribution in [3.63, 3.8) is 0 Å². The molecule has 3 rings (SSSR count). The molecule has 2 aromatic carbocycles. The average molecular weight is 528 g/mol. The van der Waals surface area contributed by atoms with E-state index in [9.17, 15) is 9.59 Å². The summed E-state index contributed by atoms with van der Waals surface area (Å²) in [7, 11) is -1.92. The van der Waals surface area contributed by atoms with Crippen molar-refractivity contribution in [1.82, 2.24) is 4.90 Å². The number of ether oxygens (including phenoxy) is 2. The molecule has 1 aliphatic heterocycles. The molecule has 0 N–H and O–H groups in total. The number of esters is 1. The Hall–Kier alpha value is -2.64. The molecule has 37 heavy (non-hydrogen) atoms. The topological polar surface area (TPSA) is 65.1 Å². The van der Waals surface area contributed by atoms with E-state index in [-0.39, 0.29) is 5.04 Å². The minimum atomic E-state index is -1.92. The molecule has 1 fully saturated rings. The highest BCUT2D eigenvalue weighted by atomic mass is 28.4. The lowest BCUT2D eigenvalue weighted by molar-refractivity contribution is -0.174. The van der Waals surface area contributed by atoms with E-state index in [2.05, 4.69) is 33.9 Å². The van der Waals surface area contributed by atoms with Gasteiger partial charge in [0.2, 0.25) is 0 Å². The summed E-state index contributed by atoms with van der Waals surface area (Å²) in [5, 5.41) is 0.0978. The van der Waals surface area contributed by atoms with Gasteiger partial charge in [-0.15, -0.1) is 0 Å². The summed E-state index contributed by atoms with van der Waals surface area (Å²) in [6, 6.07) is 18.0. The number of rotatable bonds is 7. The monoisotopic (exact) mass is 527 g/mol. The van der Waals surface area contributed by atoms with Gasteiger partial charge in [0, 0.05) is 6.61 Å². The Balaban J connectivity index is 1.96. The van der Waals surface area contributed by atoms with Gasteiger partial charge in [-0.05, 0) is 62.9 Å². The third kappa shape index (κ3) is 7.23. The Morgan fingerprint density at radius 3 is 1.97 bits per heavy atom. The Labute approximate surface area is 223 Å². The van der Waals surface area contributed by atoms with Gasteiger partial charge in [-0.3, -0.25) is 4.90 Å². The van der Waals surface area contributed by atoms with Gasteiger partial charge in [-0.2, -0.15) is 0 Å². The van der Waals surface area contributed by atoms with E-state index in [1.54, 1.807) is 4.90 Å². The number of amides is 1. The maximum atomic E-state index is 13.7. The zero-order valence-corrected chi connectivity index (χ0v) is 24.6. The van der Waals surface area contributed by atoms with Crippen LogP contribution in [-0.4, -0.2) is 43.5 Å². The first-order valence-electron chi connectivity index (χ1n) is 13.2. The molecule has 202 valence electrons. The summed E-state index contributed by atoms with van der Waals surface area (Å²) in [5.74, 6) is -0.417. The van der Waals surface area contributed by atoms with Crippen LogP contribution in [0.25, 0.3) is 0 Å². The van der Waals surface area contributed by atoms with Crippen LogP contribution in [0.2, 0.25) is 18.1 Å². The first-order valence-corrected chi connectivity index (χ1v) is 16.1. The van der Waals surface area contributed by atoms with Crippen LogP contribution in [0.15, 0.2) is 60.7 Å². The quantitative estimate of drug-likeness (QED) is 0.162. The van der Waals surface area contributed by atoms with E-state index in [0.29, 0.717) is 19.4 Å². The second kappa shape index (κ2) is 11.4. The predicted molar refractivity (Wildman–Crippen MR) is 149 cm³/mol. The van der Waals surface area contributed by atoms with Crippen molar-refractivity contribution in [2.75, 3.05) is 6.61 Å². The zero-order chi connectivity index (χ0) is 27.4. The van der Waals surface area contributed by atoms with E-state index in [4.69, 9.17) is 13.9 Å². The molecule has 1 heterocycles. The fourth-order valence-electron chi connectivity index (χ4n) is 4.23. The molecule has 0 saturated carbocycles. The normalized spacial score (nSPS) is 20.9. The van der Waals surface area contributed by atoms with Gasteiger partial charge in [0.15, 0.2) is 14.4 Å². The van der Waals surface area contributed by atoms with Gasteiger partial charge < -0.3 is 13.9 Å². The molecule has 0 spiro atoms. The maximum Gasteiger partial charge on any atom is 0.411 e. The van der Waals surface area contributed by atoms with Crippen LogP contribution in [0, 0.1) is 0 Å². The van der Waals surface area contributed by atoms with E-state index in [1.807, 2.05) is 81.4 Å². The fourth-order valence-corrected chi connectivity index (χ4v) is 5.32. The van der Waals surface area contributed by atoms with Crippen molar-refractivity contribution in [1.29, 1.82) is 0 Å². The van der Waals surface area contributed by atoms with E-state index >= 15 is 0 Å². The number of carbonyl (C=O) groups is 2. The molecule has 7 heteroatoms. The Morgan fingerprint density at radius 2 is 1.46 bits per heavy atom. The summed E-state index contributed by atoms with van der Waals surface area (Å²) in [5.41, 5.74) is 1.01. The molecule has 0 bridgehead atoms. The molecule has 0 unspecified atom stereocenters. The molecule has 0 aromatic heterocycles. The van der Waals surface area contributed by atoms with Crippen molar-refractivity contribution < 1.29 is 23.5 Å². The molecule has 1 aliphatic rings. The minimum Gasteiger partial charge on any atom is -0.453 e. The first kappa shape index (κ1) is 28.9. The van der Waals surface area contributed by atoms with E-state index < -0.39 is 44.2 Å². The maximum absolute atomic E-state index is 13.7. The van der Waals surface area contributed by atoms with E-state index in [0.717, 1.165) is 11.1 Å². The predicted octanol–water partition coefficient (Wildman–Crippen LogP) is 7.43. The Kier molecular flexibility index (Phi) is 8.91. The van der Waals surface area contributed by atoms with Crippen LogP contribution < -0.4 is 0 Å². The summed E-state index contributed by atoms with van der Waals surface area (Å²) < 4.78 is 18.3. The lowest BCUT2D eigenvalue weighted by Crippen LogP contribution is -2.55. The summed E-state index contributed by atoms with van der Waals surface area (Å²) in [4.78, 5) is 28.8. The van der Waals surface area contributed by atoms with Crippen LogP contribution in [0.1, 0.15) is 77.7 Å². The van der Waals surface area contributed by atoms with Gasteiger partial charge >= 0.3 is 12.1 Å². The number of hydrogen-bond acceptors (Lipinski definition) is 5. The van der Waals surface area contributed by atoms with Gasteiger partial charge in [0.05, 0.1) is 0 Å². The number of hydrogen-bond donors (Lipinski definition) is 0. The molecular formula is C30H43NO5Si. The van der Waals surface area contributed by atoms with Crippen LogP contribution >= 0.6 is 0 Å². The van der Waals surface area contributed by atoms with E-state index in [1.165, 1.54) is 0 Å². The molecule has 2 aromatic rings. The largest absolute Gasteiger partial charge is 0.453 e. The summed E-state index contributed by atoms with van der Waals surface area (Å²) in [6.45, 7) is 17.1. The standard InChI is InChI=1S/C30H43NO5Si/c1-29(2,3)36-28(33)31-24(20-15-21-34-37(7,8)30(4,5)6)27(32)35-26(23-18-13-10-14-19-23)25(31)22-16-11-9-12-17-22/h9-14,16-19,24-26H,15,20-21H2,1-8H3/t24-,25-,26+/m0/s1/i20+1,27+1. The number of benzene rings is 2. The molecular weight excluding hydrogens is 484 g/mol. The Morgan fingerprint density at radius 1 is 0.919 bits per heavy atom. The van der Waals surface area contributed by atoms with Crippen molar-refractivity contribution in [2.24, 2.45) is 0 Å². The van der Waals surface area contributed by atoms with Gasteiger partial charge in [0.25, 0.3) is 0 Å². The Bertz CT molecular complexity index is 1040. The van der Waals surface area contributed by atoms with Crippen LogP contribution in [0.3, 0.4) is 0 Å². The van der Waals surface area contributed by atoms with Crippen molar-refractivity contribution in [3.8, 4) is 0 Å². The lowest BCUT2D eigenvalue weighted by atomic mass is 9.93. The van der Waals surface area contributed by atoms with Crippen LogP contribution in [0.4, 0.5) is 4.79 Å². The van der Waals surface area contributed by atoms with Gasteiger partial charge in [0.1, 0.15) is 17.7 Å². The fraction of sp³-hybridized carbons (Fsp3) is 0.533. The van der Waals surface area contributed by atoms with Crippen LogP contribution in [-0.2, 0) is 18.7 Å². The zero-order valence-electron chi connectivity index (χ0n) is 23.6. The third-order valence-corrected chi connectivity index (χ3v) is 11.7. The number of carbonyl (C=O) groups excluding carboxylic acids is 2. The SMILES string of the molecule is CC(C)(C)OC(=O)N1[C@@H](c2ccccc2)[C@@H](c2ccccc2)O[13C](=O)[C@@H]1[13CH2]CCO[Si](C)(C)C(C)(C)C. The molecule has 1 amide bonds. The molecule has 1 saturated heterocycles. The first-order chi connectivity index (χ1) is 17.2. The van der Waals surface area contributed by atoms with Crippen molar-refractivity contribution >= 4 is 20.4 Å². The molecule has 3 atom stereocenters. The minimum absolute atomic E-state index is 0.0978. The summed E-state index contributed by atoms with van der Waals surface area (Å²) in [6.07, 6.45) is -0.113. The molecule has 0 aliphatic carbocycles. The lowest BCUT2D eigenvalue weighted by Gasteiger charge is -2.45. The highest BCUT2D eigenvalue weighted by Crippen LogP contribution is 2.44. The average Bonchev–Trinajstić information content (AvgIpc) is 2.81. The molecule has 6 nitrogen and oxygen atoms in total. The highest BCUT2D eigenvalue weighted by molar-refractivity contribution is 6.74. The van der Waals surface area contributed by atoms with Crippen molar-refractivity contribution in [2.45, 2.75) is 96.3 Å². The second-order valence-electron chi connectivity index (χ2n) is 12.3. The number of cyclic esters (lactones) is 1. The summed E-state index contributed by atoms with van der Waals surface area (Å²) >= 11 is 0.